The first-order valence-corrected chi connectivity index (χ1v) is 3.66. The van der Waals surface area contributed by atoms with E-state index in [0.717, 1.165) is 0 Å². The van der Waals surface area contributed by atoms with E-state index >= 15 is 0 Å². The lowest BCUT2D eigenvalue weighted by Gasteiger charge is -1.92. The predicted octanol–water partition coefficient (Wildman–Crippen LogP) is -1.60. The molecule has 0 atom stereocenters. The van der Waals surface area contributed by atoms with Crippen LogP contribution in [0.3, 0.4) is 0 Å². The van der Waals surface area contributed by atoms with Gasteiger partial charge in [0.15, 0.2) is 5.52 Å². The molecule has 0 saturated carbocycles. The number of hydrogen-bond donors (Lipinski definition) is 4. The lowest BCUT2D eigenvalue weighted by molar-refractivity contribution is 1.01. The molecule has 0 aliphatic heterocycles. The Morgan fingerprint density at radius 2 is 1.77 bits per heavy atom. The second-order valence-electron chi connectivity index (χ2n) is 2.38. The van der Waals surface area contributed by atoms with Crippen molar-refractivity contribution >= 4 is 24.0 Å². The molecule has 0 bridgehead atoms. The highest BCUT2D eigenvalue weighted by Crippen LogP contribution is 1.91. The molecule has 0 spiro atoms. The molecule has 2 heterocycles. The summed E-state index contributed by atoms with van der Waals surface area (Å²) in [5, 5.41) is 0. The van der Waals surface area contributed by atoms with Gasteiger partial charge in [-0.2, -0.15) is 0 Å². The highest BCUT2D eigenvalue weighted by atomic mass is 32.1. The van der Waals surface area contributed by atoms with Crippen molar-refractivity contribution in [2.24, 2.45) is 0 Å². The number of hydrogen-bond acceptors (Lipinski definition) is 4. The molecule has 0 aromatic carbocycles. The van der Waals surface area contributed by atoms with E-state index in [9.17, 15) is 14.4 Å². The minimum absolute atomic E-state index is 0.000370. The van der Waals surface area contributed by atoms with Crippen LogP contribution in [0.15, 0.2) is 14.4 Å². The fourth-order valence-corrected chi connectivity index (χ4v) is 1.15. The summed E-state index contributed by atoms with van der Waals surface area (Å²) in [7, 11) is 0. The number of aromatic nitrogens is 4. The molecule has 8 heteroatoms. The van der Waals surface area contributed by atoms with Crippen LogP contribution in [-0.2, 0) is 0 Å². The Morgan fingerprint density at radius 1 is 1.08 bits per heavy atom. The van der Waals surface area contributed by atoms with Gasteiger partial charge < -0.3 is 0 Å². The van der Waals surface area contributed by atoms with Crippen LogP contribution in [0, 0.1) is 0 Å². The van der Waals surface area contributed by atoms with Crippen molar-refractivity contribution < 1.29 is 0 Å². The zero-order valence-corrected chi connectivity index (χ0v) is 7.01. The largest absolute Gasteiger partial charge is 0.340 e. The Morgan fingerprint density at radius 3 is 2.46 bits per heavy atom. The Kier molecular flexibility index (Phi) is 1.46. The molecule has 68 valence electrons. The zero-order valence-electron chi connectivity index (χ0n) is 6.12. The molecule has 7 nitrogen and oxygen atoms in total. The summed E-state index contributed by atoms with van der Waals surface area (Å²) in [6.45, 7) is 0. The summed E-state index contributed by atoms with van der Waals surface area (Å²) in [6, 6.07) is 0. The van der Waals surface area contributed by atoms with Crippen LogP contribution in [0.5, 0.6) is 0 Å². The SMILES string of the molecule is O=c1[nH]c2[nH]c(=O)n(S)c(=O)c2[nH]1. The lowest BCUT2D eigenvalue weighted by atomic mass is 10.5. The van der Waals surface area contributed by atoms with E-state index in [-0.39, 0.29) is 11.2 Å². The fourth-order valence-electron chi connectivity index (χ4n) is 0.995. The van der Waals surface area contributed by atoms with Gasteiger partial charge in [-0.25, -0.2) is 13.6 Å². The number of H-pyrrole nitrogens is 3. The van der Waals surface area contributed by atoms with Crippen LogP contribution >= 0.6 is 12.8 Å². The molecule has 0 radical (unpaired) electrons. The second-order valence-corrected chi connectivity index (χ2v) is 2.78. The normalized spacial score (nSPS) is 10.8. The van der Waals surface area contributed by atoms with Crippen molar-refractivity contribution in [3.05, 3.63) is 31.3 Å². The van der Waals surface area contributed by atoms with E-state index in [1.807, 2.05) is 0 Å². The Labute approximate surface area is 75.0 Å². The molecule has 2 aromatic rings. The number of aromatic amines is 3. The average molecular weight is 200 g/mol. The van der Waals surface area contributed by atoms with E-state index in [4.69, 9.17) is 0 Å². The van der Waals surface area contributed by atoms with Crippen LogP contribution in [0.25, 0.3) is 11.2 Å². The molecule has 2 rings (SSSR count). The molecular formula is C5H4N4O3S. The maximum atomic E-state index is 11.2. The Hall–Kier alpha value is -1.70. The van der Waals surface area contributed by atoms with Crippen LogP contribution < -0.4 is 16.9 Å². The van der Waals surface area contributed by atoms with Crippen molar-refractivity contribution in [3.63, 3.8) is 0 Å². The Balaban J connectivity index is 3.19. The van der Waals surface area contributed by atoms with Gasteiger partial charge >= 0.3 is 11.4 Å². The number of nitrogens with one attached hydrogen (secondary N) is 3. The highest BCUT2D eigenvalue weighted by Gasteiger charge is 2.06. The van der Waals surface area contributed by atoms with Crippen LogP contribution in [0.2, 0.25) is 0 Å². The molecule has 0 amide bonds. The molecule has 0 saturated heterocycles. The van der Waals surface area contributed by atoms with E-state index in [1.54, 1.807) is 0 Å². The molecular weight excluding hydrogens is 196 g/mol. The van der Waals surface area contributed by atoms with E-state index in [2.05, 4.69) is 27.8 Å². The summed E-state index contributed by atoms with van der Waals surface area (Å²) in [4.78, 5) is 39.7. The summed E-state index contributed by atoms with van der Waals surface area (Å²) < 4.78 is 0.576. The van der Waals surface area contributed by atoms with Gasteiger partial charge in [0.2, 0.25) is 0 Å². The van der Waals surface area contributed by atoms with Crippen molar-refractivity contribution in [2.75, 3.05) is 0 Å². The molecule has 3 N–H and O–H groups in total. The maximum absolute atomic E-state index is 11.2. The highest BCUT2D eigenvalue weighted by molar-refractivity contribution is 7.78. The van der Waals surface area contributed by atoms with Crippen molar-refractivity contribution in [1.29, 1.82) is 0 Å². The topological polar surface area (TPSA) is 104 Å². The predicted molar refractivity (Wildman–Crippen MR) is 48.2 cm³/mol. The number of fused-ring (bicyclic) bond motifs is 1. The number of nitrogens with zero attached hydrogens (tertiary/aromatic N) is 1. The van der Waals surface area contributed by atoms with Crippen molar-refractivity contribution in [3.8, 4) is 0 Å². The third-order valence-electron chi connectivity index (χ3n) is 1.56. The first kappa shape index (κ1) is 7.92. The quantitative estimate of drug-likeness (QED) is 0.385. The first-order chi connectivity index (χ1) is 6.09. The van der Waals surface area contributed by atoms with Gasteiger partial charge in [0.05, 0.1) is 0 Å². The molecule has 2 aromatic heterocycles. The van der Waals surface area contributed by atoms with E-state index in [1.165, 1.54) is 0 Å². The average Bonchev–Trinajstić information content (AvgIpc) is 2.42. The maximum Gasteiger partial charge on any atom is 0.340 e. The monoisotopic (exact) mass is 200 g/mol. The second kappa shape index (κ2) is 2.39. The van der Waals surface area contributed by atoms with Gasteiger partial charge in [-0.15, -0.1) is 0 Å². The molecule has 0 unspecified atom stereocenters. The number of thiol groups is 1. The number of rotatable bonds is 0. The van der Waals surface area contributed by atoms with Gasteiger partial charge in [-0.1, -0.05) is 12.8 Å². The van der Waals surface area contributed by atoms with Crippen LogP contribution in [0.1, 0.15) is 0 Å². The van der Waals surface area contributed by atoms with Crippen molar-refractivity contribution in [1.82, 2.24) is 18.9 Å². The fraction of sp³-hybridized carbons (Fsp3) is 0. The van der Waals surface area contributed by atoms with Crippen molar-refractivity contribution in [2.45, 2.75) is 0 Å². The summed E-state index contributed by atoms with van der Waals surface area (Å²) in [5.74, 6) is 0. The molecule has 0 aliphatic rings. The molecule has 0 fully saturated rings. The number of imidazole rings is 1. The Bertz CT molecular complexity index is 629. The van der Waals surface area contributed by atoms with Gasteiger partial charge in [-0.05, 0) is 0 Å². The van der Waals surface area contributed by atoms with Gasteiger partial charge in [0.25, 0.3) is 5.56 Å². The minimum Gasteiger partial charge on any atom is -0.300 e. The first-order valence-electron chi connectivity index (χ1n) is 3.26. The molecule has 13 heavy (non-hydrogen) atoms. The molecule has 0 aliphatic carbocycles. The van der Waals surface area contributed by atoms with Gasteiger partial charge in [0, 0.05) is 0 Å². The summed E-state index contributed by atoms with van der Waals surface area (Å²) in [6.07, 6.45) is 0. The van der Waals surface area contributed by atoms with Crippen LogP contribution in [0.4, 0.5) is 0 Å². The van der Waals surface area contributed by atoms with Crippen LogP contribution in [-0.4, -0.2) is 18.9 Å². The summed E-state index contributed by atoms with van der Waals surface area (Å²) >= 11 is 3.62. The summed E-state index contributed by atoms with van der Waals surface area (Å²) in [5.41, 5.74) is -1.84. The van der Waals surface area contributed by atoms with E-state index in [0.29, 0.717) is 3.97 Å². The lowest BCUT2D eigenvalue weighted by Crippen LogP contribution is -2.29. The van der Waals surface area contributed by atoms with Gasteiger partial charge in [0.1, 0.15) is 5.65 Å². The standard InChI is InChI=1S/C5H4N4O3S/c10-3-1-2(7-4(11)6-1)8-5(12)9(3)13/h13H,(H,8,12)(H2,6,7,11). The van der Waals surface area contributed by atoms with E-state index < -0.39 is 16.9 Å². The minimum atomic E-state index is -0.698. The van der Waals surface area contributed by atoms with Gasteiger partial charge in [-0.3, -0.25) is 19.7 Å². The third kappa shape index (κ3) is 1.03. The zero-order chi connectivity index (χ0) is 9.59. The smallest absolute Gasteiger partial charge is 0.300 e. The third-order valence-corrected chi connectivity index (χ3v) is 1.92.